The number of hydrogen-bond acceptors (Lipinski definition) is 8. The maximum Gasteiger partial charge on any atom is 0.306 e. The van der Waals surface area contributed by atoms with E-state index in [0.29, 0.717) is 17.4 Å². The third kappa shape index (κ3) is 50.3. The van der Waals surface area contributed by atoms with Crippen LogP contribution in [0.15, 0.2) is 0 Å². The third-order valence-corrected chi connectivity index (χ3v) is 13.3. The maximum absolute atomic E-state index is 12.8. The van der Waals surface area contributed by atoms with Crippen molar-refractivity contribution in [2.75, 3.05) is 47.5 Å². The van der Waals surface area contributed by atoms with Crippen LogP contribution < -0.4 is 4.89 Å². The van der Waals surface area contributed by atoms with E-state index in [1.165, 1.54) is 212 Å². The van der Waals surface area contributed by atoms with Gasteiger partial charge in [-0.15, -0.1) is 0 Å². The second kappa shape index (κ2) is 46.1. The van der Waals surface area contributed by atoms with Gasteiger partial charge >= 0.3 is 11.9 Å². The number of hydrogen-bond donors (Lipinski definition) is 0. The molecule has 0 bridgehead atoms. The van der Waals surface area contributed by atoms with Crippen LogP contribution in [0.2, 0.25) is 0 Å². The second-order valence-electron chi connectivity index (χ2n) is 20.0. The average molecular weight is 916 g/mol. The highest BCUT2D eigenvalue weighted by molar-refractivity contribution is 7.45. The molecule has 0 N–H and O–H groups in total. The topological polar surface area (TPSA) is 111 Å². The number of ether oxygens (including phenoxy) is 2. The molecule has 2 unspecified atom stereocenters. The fourth-order valence-corrected chi connectivity index (χ4v) is 8.86. The smallest absolute Gasteiger partial charge is 0.306 e. The van der Waals surface area contributed by atoms with E-state index in [1.807, 2.05) is 21.1 Å². The lowest BCUT2D eigenvalue weighted by Crippen LogP contribution is -2.37. The molecule has 2 atom stereocenters. The van der Waals surface area contributed by atoms with Crippen molar-refractivity contribution >= 4 is 19.8 Å². The molecule has 0 rings (SSSR count). The molecule has 0 aliphatic heterocycles. The first-order chi connectivity index (χ1) is 30.5. The first-order valence-electron chi connectivity index (χ1n) is 27.2. The summed E-state index contributed by atoms with van der Waals surface area (Å²) in [5.74, 6) is -0.812. The minimum absolute atomic E-state index is 0.0253. The zero-order valence-corrected chi connectivity index (χ0v) is 43.5. The predicted molar refractivity (Wildman–Crippen MR) is 264 cm³/mol. The number of carbonyl (C=O) groups excluding carboxylic acids is 2. The second-order valence-corrected chi connectivity index (χ2v) is 21.4. The van der Waals surface area contributed by atoms with Crippen LogP contribution in [-0.2, 0) is 32.7 Å². The van der Waals surface area contributed by atoms with Crippen molar-refractivity contribution in [3.8, 4) is 0 Å². The van der Waals surface area contributed by atoms with Gasteiger partial charge in [0.05, 0.1) is 27.7 Å². The average Bonchev–Trinajstić information content (AvgIpc) is 3.24. The first-order valence-corrected chi connectivity index (χ1v) is 28.7. The summed E-state index contributed by atoms with van der Waals surface area (Å²) in [6.07, 6.45) is 50.0. The normalized spacial score (nSPS) is 13.3. The van der Waals surface area contributed by atoms with Crippen molar-refractivity contribution in [3.05, 3.63) is 0 Å². The zero-order valence-electron chi connectivity index (χ0n) is 42.6. The Hall–Kier alpha value is -0.990. The third-order valence-electron chi connectivity index (χ3n) is 12.4. The van der Waals surface area contributed by atoms with Crippen molar-refractivity contribution in [2.45, 2.75) is 283 Å². The molecular formula is C53H106NO8P. The Morgan fingerprint density at radius 3 is 1.02 bits per heavy atom. The Kier molecular flexibility index (Phi) is 45.4. The summed E-state index contributed by atoms with van der Waals surface area (Å²) >= 11 is 0. The van der Waals surface area contributed by atoms with Crippen molar-refractivity contribution in [3.63, 3.8) is 0 Å². The summed E-state index contributed by atoms with van der Waals surface area (Å²) in [6.45, 7) is 4.30. The van der Waals surface area contributed by atoms with E-state index in [9.17, 15) is 19.0 Å². The van der Waals surface area contributed by atoms with E-state index in [2.05, 4.69) is 13.8 Å². The molecule has 0 saturated carbocycles. The lowest BCUT2D eigenvalue weighted by molar-refractivity contribution is -0.870. The van der Waals surface area contributed by atoms with Crippen LogP contribution in [0.25, 0.3) is 0 Å². The summed E-state index contributed by atoms with van der Waals surface area (Å²) in [7, 11) is 1.19. The van der Waals surface area contributed by atoms with Gasteiger partial charge in [-0.05, 0) is 12.8 Å². The van der Waals surface area contributed by atoms with Crippen LogP contribution in [0.5, 0.6) is 0 Å². The Balaban J connectivity index is 4.12. The number of phosphoric ester groups is 1. The van der Waals surface area contributed by atoms with Gasteiger partial charge in [0, 0.05) is 12.8 Å². The molecule has 0 spiro atoms. The molecule has 376 valence electrons. The number of carbonyl (C=O) groups is 2. The van der Waals surface area contributed by atoms with Gasteiger partial charge in [-0.25, -0.2) is 0 Å². The van der Waals surface area contributed by atoms with Crippen molar-refractivity contribution < 1.29 is 42.1 Å². The molecule has 0 fully saturated rings. The number of esters is 2. The number of quaternary nitrogens is 1. The molecule has 10 heteroatoms. The summed E-state index contributed by atoms with van der Waals surface area (Å²) in [6, 6.07) is 0. The summed E-state index contributed by atoms with van der Waals surface area (Å²) in [5.41, 5.74) is 0. The SMILES string of the molecule is CCCCCCCCCCCCCCCCCCCCCCCCCCC(=O)OC(COC(=O)CCCCCCCCCCCCCCCCC)COP(=O)([O-])OCC[N+](C)(C)C. The largest absolute Gasteiger partial charge is 0.756 e. The van der Waals surface area contributed by atoms with E-state index in [0.717, 1.165) is 32.1 Å². The number of nitrogens with zero attached hydrogens (tertiary/aromatic N) is 1. The molecule has 0 aliphatic rings. The van der Waals surface area contributed by atoms with Gasteiger partial charge in [-0.3, -0.25) is 14.2 Å². The molecule has 0 aliphatic carbocycles. The summed E-state index contributed by atoms with van der Waals surface area (Å²) < 4.78 is 34.1. The molecule has 0 heterocycles. The number of phosphoric acid groups is 1. The van der Waals surface area contributed by atoms with E-state index >= 15 is 0 Å². The number of likely N-dealkylation sites (N-methyl/N-ethyl adjacent to an activating group) is 1. The molecule has 0 aromatic heterocycles. The van der Waals surface area contributed by atoms with Crippen LogP contribution in [0.1, 0.15) is 277 Å². The molecule has 0 aromatic rings. The van der Waals surface area contributed by atoms with Gasteiger partial charge in [-0.1, -0.05) is 251 Å². The van der Waals surface area contributed by atoms with Gasteiger partial charge in [0.15, 0.2) is 6.10 Å². The van der Waals surface area contributed by atoms with E-state index in [-0.39, 0.29) is 32.0 Å². The highest BCUT2D eigenvalue weighted by Gasteiger charge is 2.22. The Morgan fingerprint density at radius 1 is 0.429 bits per heavy atom. The minimum Gasteiger partial charge on any atom is -0.756 e. The van der Waals surface area contributed by atoms with Crippen LogP contribution in [-0.4, -0.2) is 70.0 Å². The molecule has 9 nitrogen and oxygen atoms in total. The molecule has 0 amide bonds. The zero-order chi connectivity index (χ0) is 46.4. The standard InChI is InChI=1S/C53H106NO8P/c1-6-8-10-12-14-16-18-20-22-23-24-25-26-27-28-29-30-32-34-36-38-40-42-44-46-53(56)62-51(50-61-63(57,58)60-48-47-54(3,4)5)49-59-52(55)45-43-41-39-37-35-33-31-21-19-17-15-13-11-9-7-2/h51H,6-50H2,1-5H3. The molecule has 0 radical (unpaired) electrons. The van der Waals surface area contributed by atoms with Crippen molar-refractivity contribution in [1.29, 1.82) is 0 Å². The maximum atomic E-state index is 12.8. The fraction of sp³-hybridized carbons (Fsp3) is 0.962. The molecule has 63 heavy (non-hydrogen) atoms. The lowest BCUT2D eigenvalue weighted by atomic mass is 10.0. The lowest BCUT2D eigenvalue weighted by Gasteiger charge is -2.28. The van der Waals surface area contributed by atoms with E-state index in [1.54, 1.807) is 0 Å². The Bertz CT molecular complexity index is 1040. The van der Waals surface area contributed by atoms with Crippen LogP contribution >= 0.6 is 7.82 Å². The van der Waals surface area contributed by atoms with Crippen molar-refractivity contribution in [2.24, 2.45) is 0 Å². The molecular weight excluding hydrogens is 810 g/mol. The Labute approximate surface area is 391 Å². The summed E-state index contributed by atoms with van der Waals surface area (Å²) in [5, 5.41) is 0. The van der Waals surface area contributed by atoms with Gasteiger partial charge in [-0.2, -0.15) is 0 Å². The fourth-order valence-electron chi connectivity index (χ4n) is 8.13. The Morgan fingerprint density at radius 2 is 0.714 bits per heavy atom. The molecule has 0 saturated heterocycles. The number of unbranched alkanes of at least 4 members (excludes halogenated alkanes) is 37. The van der Waals surface area contributed by atoms with Crippen LogP contribution in [0.3, 0.4) is 0 Å². The highest BCUT2D eigenvalue weighted by Crippen LogP contribution is 2.38. The van der Waals surface area contributed by atoms with Gasteiger partial charge < -0.3 is 27.9 Å². The van der Waals surface area contributed by atoms with E-state index < -0.39 is 26.5 Å². The minimum atomic E-state index is -4.62. The highest BCUT2D eigenvalue weighted by atomic mass is 31.2. The molecule has 0 aromatic carbocycles. The van der Waals surface area contributed by atoms with Crippen molar-refractivity contribution in [1.82, 2.24) is 0 Å². The first kappa shape index (κ1) is 62.0. The van der Waals surface area contributed by atoms with E-state index in [4.69, 9.17) is 18.5 Å². The number of rotatable bonds is 51. The predicted octanol–water partition coefficient (Wildman–Crippen LogP) is 15.7. The van der Waals surface area contributed by atoms with Crippen LogP contribution in [0, 0.1) is 0 Å². The van der Waals surface area contributed by atoms with Gasteiger partial charge in [0.25, 0.3) is 7.82 Å². The van der Waals surface area contributed by atoms with Gasteiger partial charge in [0.1, 0.15) is 19.8 Å². The van der Waals surface area contributed by atoms with Crippen LogP contribution in [0.4, 0.5) is 0 Å². The quantitative estimate of drug-likeness (QED) is 0.0257. The summed E-state index contributed by atoms with van der Waals surface area (Å²) in [4.78, 5) is 37.7. The van der Waals surface area contributed by atoms with Gasteiger partial charge in [0.2, 0.25) is 0 Å². The monoisotopic (exact) mass is 916 g/mol.